The second-order valence-electron chi connectivity index (χ2n) is 17.4. The molecule has 1 aliphatic rings. The van der Waals surface area contributed by atoms with Gasteiger partial charge in [-0.3, -0.25) is 0 Å². The quantitative estimate of drug-likeness (QED) is 0.177. The summed E-state index contributed by atoms with van der Waals surface area (Å²) in [6.07, 6.45) is 1.80. The average molecular weight is 848 g/mol. The molecular formula is C60H37N3OS. The molecule has 1 atom stereocenters. The van der Waals surface area contributed by atoms with Gasteiger partial charge in [0.1, 0.15) is 11.2 Å². The lowest BCUT2D eigenvalue weighted by Crippen LogP contribution is -2.08. The first-order valence-electron chi connectivity index (χ1n) is 22.3. The first kappa shape index (κ1) is 36.5. The number of hydrogen-bond acceptors (Lipinski definition) is 5. The highest BCUT2D eigenvalue weighted by Crippen LogP contribution is 2.49. The van der Waals surface area contributed by atoms with E-state index >= 15 is 0 Å². The lowest BCUT2D eigenvalue weighted by molar-refractivity contribution is 0.665. The molecule has 3 aromatic heterocycles. The summed E-state index contributed by atoms with van der Waals surface area (Å²) in [7, 11) is 0. The minimum absolute atomic E-state index is 0.0166. The lowest BCUT2D eigenvalue weighted by Gasteiger charge is -2.23. The minimum Gasteiger partial charge on any atom is -0.456 e. The van der Waals surface area contributed by atoms with Gasteiger partial charge in [-0.15, -0.1) is 11.3 Å². The summed E-state index contributed by atoms with van der Waals surface area (Å²) in [4.78, 5) is 16.4. The van der Waals surface area contributed by atoms with Crippen LogP contribution in [0.2, 0.25) is 0 Å². The van der Waals surface area contributed by atoms with E-state index in [-0.39, 0.29) is 5.92 Å². The van der Waals surface area contributed by atoms with Crippen molar-refractivity contribution in [2.24, 2.45) is 0 Å². The summed E-state index contributed by atoms with van der Waals surface area (Å²) < 4.78 is 9.25. The monoisotopic (exact) mass is 847 g/mol. The fourth-order valence-corrected chi connectivity index (χ4v) is 11.7. The van der Waals surface area contributed by atoms with Crippen molar-refractivity contribution in [2.75, 3.05) is 0 Å². The molecule has 0 N–H and O–H groups in total. The number of hydrogen-bond donors (Lipinski definition) is 0. The van der Waals surface area contributed by atoms with E-state index in [4.69, 9.17) is 19.4 Å². The van der Waals surface area contributed by atoms with E-state index in [2.05, 4.69) is 188 Å². The van der Waals surface area contributed by atoms with E-state index in [0.717, 1.165) is 62.4 Å². The number of thiophene rings is 1. The Bertz CT molecular complexity index is 4110. The van der Waals surface area contributed by atoms with Crippen molar-refractivity contribution in [3.8, 4) is 45.3 Å². The fourth-order valence-electron chi connectivity index (χ4n) is 10.6. The Kier molecular flexibility index (Phi) is 8.01. The molecule has 1 aliphatic carbocycles. The molecule has 0 bridgehead atoms. The first-order chi connectivity index (χ1) is 32.2. The van der Waals surface area contributed by atoms with Crippen LogP contribution in [0.25, 0.3) is 120 Å². The van der Waals surface area contributed by atoms with Gasteiger partial charge in [0.2, 0.25) is 0 Å². The molecule has 10 aromatic carbocycles. The molecule has 0 unspecified atom stereocenters. The standard InChI is InChI=1S/C60H37N3OS/c1-2-13-37-30-41(22-21-35(37)11-1)58-61-59(42-25-28-56-51(32-42)45-18-8-10-20-55(45)65-56)63-60(62-58)52-33-50-44-17-7-9-19-53(44)64-54(50)34-49(52)47-27-24-40-29-38-14-3-4-15-39(38)31-48(40)46-26-23-36-12-5-6-16-43(36)57(46)47/h1-23,25-26,28-34,47H,24,27H2/t47-/m0/s1. The molecule has 0 radical (unpaired) electrons. The lowest BCUT2D eigenvalue weighted by atomic mass is 9.80. The Balaban J connectivity index is 1.06. The van der Waals surface area contributed by atoms with Crippen molar-refractivity contribution in [3.63, 3.8) is 0 Å². The van der Waals surface area contributed by atoms with Crippen LogP contribution in [0.4, 0.5) is 0 Å². The van der Waals surface area contributed by atoms with Gasteiger partial charge in [-0.1, -0.05) is 140 Å². The van der Waals surface area contributed by atoms with Crippen LogP contribution in [0.15, 0.2) is 199 Å². The van der Waals surface area contributed by atoms with Crippen LogP contribution >= 0.6 is 11.3 Å². The number of fused-ring (bicyclic) bond motifs is 13. The van der Waals surface area contributed by atoms with Gasteiger partial charge in [-0.25, -0.2) is 15.0 Å². The Morgan fingerprint density at radius 1 is 0.400 bits per heavy atom. The zero-order valence-electron chi connectivity index (χ0n) is 35.1. The molecule has 0 fully saturated rings. The maximum atomic E-state index is 6.74. The zero-order valence-corrected chi connectivity index (χ0v) is 35.9. The third-order valence-electron chi connectivity index (χ3n) is 13.7. The van der Waals surface area contributed by atoms with Crippen LogP contribution in [-0.4, -0.2) is 15.0 Å². The normalized spacial score (nSPS) is 13.9. The third-order valence-corrected chi connectivity index (χ3v) is 14.9. The number of furan rings is 1. The molecule has 0 spiro atoms. The summed E-state index contributed by atoms with van der Waals surface area (Å²) in [5, 5.41) is 11.9. The highest BCUT2D eigenvalue weighted by Gasteiger charge is 2.30. The molecule has 5 heteroatoms. The Morgan fingerprint density at radius 3 is 1.88 bits per heavy atom. The molecule has 65 heavy (non-hydrogen) atoms. The number of benzene rings is 10. The molecule has 14 rings (SSSR count). The highest BCUT2D eigenvalue weighted by molar-refractivity contribution is 7.25. The van der Waals surface area contributed by atoms with Gasteiger partial charge in [-0.2, -0.15) is 0 Å². The Morgan fingerprint density at radius 2 is 1.03 bits per heavy atom. The van der Waals surface area contributed by atoms with Crippen molar-refractivity contribution in [2.45, 2.75) is 18.8 Å². The van der Waals surface area contributed by atoms with Crippen LogP contribution in [0.3, 0.4) is 0 Å². The van der Waals surface area contributed by atoms with E-state index in [1.54, 1.807) is 0 Å². The fraction of sp³-hybridized carbons (Fsp3) is 0.0500. The molecule has 3 heterocycles. The van der Waals surface area contributed by atoms with Crippen molar-refractivity contribution >= 4 is 85.8 Å². The van der Waals surface area contributed by atoms with E-state index < -0.39 is 0 Å². The van der Waals surface area contributed by atoms with Gasteiger partial charge in [0, 0.05) is 53.6 Å². The summed E-state index contributed by atoms with van der Waals surface area (Å²) in [5.74, 6) is 1.91. The maximum Gasteiger partial charge on any atom is 0.164 e. The smallest absolute Gasteiger partial charge is 0.164 e. The van der Waals surface area contributed by atoms with Crippen LogP contribution in [0.5, 0.6) is 0 Å². The second-order valence-corrected chi connectivity index (χ2v) is 18.5. The summed E-state index contributed by atoms with van der Waals surface area (Å²) in [6, 6.07) is 70.3. The van der Waals surface area contributed by atoms with Crippen LogP contribution in [0.1, 0.15) is 29.0 Å². The minimum atomic E-state index is -0.0166. The van der Waals surface area contributed by atoms with Crippen LogP contribution in [0, 0.1) is 0 Å². The van der Waals surface area contributed by atoms with E-state index in [1.165, 1.54) is 69.4 Å². The molecule has 4 nitrogen and oxygen atoms in total. The molecule has 0 aliphatic heterocycles. The largest absolute Gasteiger partial charge is 0.456 e. The topological polar surface area (TPSA) is 51.8 Å². The van der Waals surface area contributed by atoms with Crippen molar-refractivity contribution in [1.29, 1.82) is 0 Å². The molecule has 0 amide bonds. The Labute approximate surface area is 378 Å². The molecule has 13 aromatic rings. The van der Waals surface area contributed by atoms with Gasteiger partial charge >= 0.3 is 0 Å². The van der Waals surface area contributed by atoms with E-state index in [9.17, 15) is 0 Å². The van der Waals surface area contributed by atoms with Crippen molar-refractivity contribution in [3.05, 3.63) is 211 Å². The van der Waals surface area contributed by atoms with Crippen LogP contribution in [-0.2, 0) is 6.42 Å². The average Bonchev–Trinajstić information content (AvgIpc) is 3.88. The SMILES string of the molecule is c1ccc2cc(-c3nc(-c4ccc5sc6ccccc6c5c4)nc(-c4cc5c(cc4[C@@H]4CCc6cc7ccccc7cc6-c6ccc7ccccc7c64)oc4ccccc45)n3)ccc2c1. The second kappa shape index (κ2) is 14.3. The predicted molar refractivity (Wildman–Crippen MR) is 271 cm³/mol. The van der Waals surface area contributed by atoms with Crippen molar-refractivity contribution < 1.29 is 4.42 Å². The van der Waals surface area contributed by atoms with Gasteiger partial charge in [0.25, 0.3) is 0 Å². The van der Waals surface area contributed by atoms with Gasteiger partial charge in [-0.05, 0) is 128 Å². The molecular weight excluding hydrogens is 811 g/mol. The summed E-state index contributed by atoms with van der Waals surface area (Å²) in [5.41, 5.74) is 11.0. The number of rotatable bonds is 4. The first-order valence-corrected chi connectivity index (χ1v) is 23.1. The molecule has 0 saturated carbocycles. The summed E-state index contributed by atoms with van der Waals surface area (Å²) in [6.45, 7) is 0. The number of para-hydroxylation sites is 1. The predicted octanol–water partition coefficient (Wildman–Crippen LogP) is 16.3. The molecule has 0 saturated heterocycles. The van der Waals surface area contributed by atoms with Gasteiger partial charge in [0.15, 0.2) is 17.5 Å². The third kappa shape index (κ3) is 5.86. The molecule has 304 valence electrons. The number of nitrogens with zero attached hydrogens (tertiary/aromatic N) is 3. The maximum absolute atomic E-state index is 6.74. The van der Waals surface area contributed by atoms with E-state index in [0.29, 0.717) is 17.5 Å². The van der Waals surface area contributed by atoms with Crippen molar-refractivity contribution in [1.82, 2.24) is 15.0 Å². The zero-order chi connectivity index (χ0) is 42.6. The number of aryl methyl sites for hydroxylation is 1. The van der Waals surface area contributed by atoms with Gasteiger partial charge in [0.05, 0.1) is 0 Å². The highest BCUT2D eigenvalue weighted by atomic mass is 32.1. The van der Waals surface area contributed by atoms with Crippen LogP contribution < -0.4 is 0 Å². The summed E-state index contributed by atoms with van der Waals surface area (Å²) >= 11 is 1.82. The Hall–Kier alpha value is -7.99. The number of aromatic nitrogens is 3. The van der Waals surface area contributed by atoms with Gasteiger partial charge < -0.3 is 4.42 Å². The van der Waals surface area contributed by atoms with E-state index in [1.807, 2.05) is 17.4 Å².